The Morgan fingerprint density at radius 1 is 1.06 bits per heavy atom. The average molecular weight is 268 g/mol. The minimum atomic E-state index is -1.67. The van der Waals surface area contributed by atoms with Gasteiger partial charge in [-0.15, -0.1) is 0 Å². The minimum absolute atomic E-state index is 0.249. The molecule has 1 fully saturated rings. The third-order valence-electron chi connectivity index (χ3n) is 2.31. The van der Waals surface area contributed by atoms with E-state index in [0.29, 0.717) is 0 Å². The Hall–Kier alpha value is -0.590. The highest BCUT2D eigenvalue weighted by Gasteiger charge is 2.35. The summed E-state index contributed by atoms with van der Waals surface area (Å²) in [6.45, 7) is -0.725. The lowest BCUT2D eigenvalue weighted by Gasteiger charge is -2.35. The molecule has 0 radical (unpaired) electrons. The molecule has 1 aliphatic rings. The number of hydrogen-bond donors (Lipinski definition) is 9. The minimum Gasteiger partial charge on any atom is -0.394 e. The van der Waals surface area contributed by atoms with E-state index in [4.69, 9.17) is 22.4 Å². The van der Waals surface area contributed by atoms with Gasteiger partial charge in [-0.2, -0.15) is 0 Å². The number of hydrazine groups is 2. The van der Waals surface area contributed by atoms with E-state index in [1.807, 2.05) is 0 Å². The molecule has 0 aliphatic carbocycles. The number of thiocarbonyl (C=S) groups is 1. The van der Waals surface area contributed by atoms with Crippen molar-refractivity contribution in [1.82, 2.24) is 21.7 Å². The van der Waals surface area contributed by atoms with Crippen molar-refractivity contribution in [3.05, 3.63) is 0 Å². The smallest absolute Gasteiger partial charge is 0.195 e. The van der Waals surface area contributed by atoms with E-state index in [9.17, 15) is 15.3 Å². The largest absolute Gasteiger partial charge is 0.394 e. The molecule has 0 aromatic carbocycles. The van der Waals surface area contributed by atoms with Crippen molar-refractivity contribution in [1.29, 1.82) is 0 Å². The summed E-state index contributed by atoms with van der Waals surface area (Å²) in [4.78, 5) is 0. The van der Waals surface area contributed by atoms with Crippen LogP contribution in [-0.2, 0) is 0 Å². The number of rotatable bonds is 5. The van der Waals surface area contributed by atoms with Crippen molar-refractivity contribution in [2.24, 2.45) is 0 Å². The summed E-state index contributed by atoms with van der Waals surface area (Å²) in [5.41, 5.74) is 10.0. The van der Waals surface area contributed by atoms with E-state index in [0.717, 1.165) is 0 Å². The average Bonchev–Trinajstić information content (AvgIpc) is 2.36. The molecule has 0 saturated carbocycles. The van der Waals surface area contributed by atoms with Gasteiger partial charge < -0.3 is 25.5 Å². The first-order valence-corrected chi connectivity index (χ1v) is 5.28. The van der Waals surface area contributed by atoms with Crippen LogP contribution < -0.4 is 21.7 Å². The third kappa shape index (κ3) is 3.69. The van der Waals surface area contributed by atoms with Gasteiger partial charge in [0.2, 0.25) is 0 Å². The van der Waals surface area contributed by atoms with Gasteiger partial charge in [0.1, 0.15) is 30.6 Å². The van der Waals surface area contributed by atoms with Crippen molar-refractivity contribution in [2.75, 3.05) is 6.61 Å². The Bertz CT molecular complexity index is 261. The number of aliphatic hydroxyl groups excluding tert-OH is 5. The maximum Gasteiger partial charge on any atom is 0.195 e. The molecule has 1 saturated heterocycles. The van der Waals surface area contributed by atoms with Crippen LogP contribution in [-0.4, -0.2) is 67.8 Å². The van der Waals surface area contributed by atoms with Gasteiger partial charge in [-0.25, -0.2) is 10.9 Å². The molecule has 1 heterocycles. The highest BCUT2D eigenvalue weighted by molar-refractivity contribution is 7.80. The van der Waals surface area contributed by atoms with E-state index in [1.54, 1.807) is 0 Å². The second kappa shape index (κ2) is 6.37. The van der Waals surface area contributed by atoms with Crippen LogP contribution in [0.25, 0.3) is 0 Å². The highest BCUT2D eigenvalue weighted by atomic mass is 32.1. The van der Waals surface area contributed by atoms with Gasteiger partial charge >= 0.3 is 0 Å². The predicted molar refractivity (Wildman–Crippen MR) is 60.0 cm³/mol. The zero-order valence-electron chi connectivity index (χ0n) is 8.74. The lowest BCUT2D eigenvalue weighted by Crippen LogP contribution is -2.71. The molecule has 0 aromatic rings. The molecule has 0 aromatic heterocycles. The van der Waals surface area contributed by atoms with Crippen LogP contribution in [0, 0.1) is 0 Å². The SMILES string of the molecule is OC[C@H](O)[C@@H](O)[C@H](O)[C@H](O)C1NNC(=S)NN1. The summed E-state index contributed by atoms with van der Waals surface area (Å²) in [6.07, 6.45) is -7.17. The van der Waals surface area contributed by atoms with Crippen LogP contribution in [0.1, 0.15) is 0 Å². The third-order valence-corrected chi connectivity index (χ3v) is 2.51. The second-order valence-electron chi connectivity index (χ2n) is 3.57. The van der Waals surface area contributed by atoms with E-state index in [2.05, 4.69) is 21.7 Å². The molecule has 0 amide bonds. The molecule has 9 N–H and O–H groups in total. The fraction of sp³-hybridized carbons (Fsp3) is 0.857. The summed E-state index contributed by atoms with van der Waals surface area (Å²) in [5, 5.41) is 46.6. The predicted octanol–water partition coefficient (Wildman–Crippen LogP) is -4.76. The Kier molecular flexibility index (Phi) is 5.42. The molecule has 10 heteroatoms. The number of aliphatic hydroxyl groups is 5. The first-order chi connectivity index (χ1) is 7.97. The van der Waals surface area contributed by atoms with Crippen LogP contribution in [0.3, 0.4) is 0 Å². The molecule has 1 rings (SSSR count). The maximum atomic E-state index is 9.69. The van der Waals surface area contributed by atoms with Gasteiger partial charge in [-0.05, 0) is 12.2 Å². The van der Waals surface area contributed by atoms with Crippen LogP contribution in [0.15, 0.2) is 0 Å². The topological polar surface area (TPSA) is 149 Å². The molecule has 9 nitrogen and oxygen atoms in total. The summed E-state index contributed by atoms with van der Waals surface area (Å²) in [6, 6.07) is 0. The molecule has 0 unspecified atom stereocenters. The maximum absolute atomic E-state index is 9.69. The van der Waals surface area contributed by atoms with E-state index in [1.165, 1.54) is 0 Å². The van der Waals surface area contributed by atoms with Gasteiger partial charge in [0.15, 0.2) is 5.11 Å². The van der Waals surface area contributed by atoms with Gasteiger partial charge in [-0.1, -0.05) is 0 Å². The Morgan fingerprint density at radius 3 is 2.06 bits per heavy atom. The summed E-state index contributed by atoms with van der Waals surface area (Å²) in [5.74, 6) is 0. The van der Waals surface area contributed by atoms with Crippen LogP contribution >= 0.6 is 12.2 Å². The first-order valence-electron chi connectivity index (χ1n) is 4.87. The molecule has 100 valence electrons. The Balaban J connectivity index is 2.50. The van der Waals surface area contributed by atoms with Crippen molar-refractivity contribution < 1.29 is 25.5 Å². The lowest BCUT2D eigenvalue weighted by molar-refractivity contribution is -0.126. The second-order valence-corrected chi connectivity index (χ2v) is 3.98. The van der Waals surface area contributed by atoms with Crippen molar-refractivity contribution in [2.45, 2.75) is 30.6 Å². The fourth-order valence-corrected chi connectivity index (χ4v) is 1.38. The summed E-state index contributed by atoms with van der Waals surface area (Å²) in [7, 11) is 0. The standard InChI is InChI=1S/C7H16N4O5S/c12-1-2(13)3(14)4(15)5(16)6-8-10-7(17)11-9-6/h2-6,8-9,12-16H,1H2,(H2,10,11,17)/t2-,3+,4-,5-/m0/s1. The van der Waals surface area contributed by atoms with Gasteiger partial charge in [0.25, 0.3) is 0 Å². The van der Waals surface area contributed by atoms with Crippen LogP contribution in [0.2, 0.25) is 0 Å². The zero-order valence-corrected chi connectivity index (χ0v) is 9.55. The fourth-order valence-electron chi connectivity index (χ4n) is 1.26. The van der Waals surface area contributed by atoms with E-state index < -0.39 is 37.2 Å². The van der Waals surface area contributed by atoms with Crippen molar-refractivity contribution >= 4 is 17.3 Å². The normalized spacial score (nSPS) is 24.4. The van der Waals surface area contributed by atoms with Crippen LogP contribution in [0.5, 0.6) is 0 Å². The molecule has 4 atom stereocenters. The Morgan fingerprint density at radius 2 is 1.59 bits per heavy atom. The quantitative estimate of drug-likeness (QED) is 0.222. The highest BCUT2D eigenvalue weighted by Crippen LogP contribution is 2.07. The molecule has 1 aliphatic heterocycles. The van der Waals surface area contributed by atoms with E-state index >= 15 is 0 Å². The summed E-state index contributed by atoms with van der Waals surface area (Å²) < 4.78 is 0. The summed E-state index contributed by atoms with van der Waals surface area (Å²) >= 11 is 4.71. The Labute approximate surface area is 102 Å². The van der Waals surface area contributed by atoms with Gasteiger partial charge in [-0.3, -0.25) is 10.9 Å². The van der Waals surface area contributed by atoms with Crippen molar-refractivity contribution in [3.8, 4) is 0 Å². The zero-order chi connectivity index (χ0) is 13.0. The monoisotopic (exact) mass is 268 g/mol. The van der Waals surface area contributed by atoms with Crippen molar-refractivity contribution in [3.63, 3.8) is 0 Å². The lowest BCUT2D eigenvalue weighted by atomic mass is 10.0. The first kappa shape index (κ1) is 14.5. The molecular weight excluding hydrogens is 252 g/mol. The molecule has 0 bridgehead atoms. The number of nitrogens with one attached hydrogen (secondary N) is 4. The van der Waals surface area contributed by atoms with Gasteiger partial charge in [0.05, 0.1) is 6.61 Å². The number of hydrogen-bond acceptors (Lipinski definition) is 8. The molecule has 0 spiro atoms. The molecular formula is C7H16N4O5S. The van der Waals surface area contributed by atoms with Crippen LogP contribution in [0.4, 0.5) is 0 Å². The molecule has 17 heavy (non-hydrogen) atoms. The van der Waals surface area contributed by atoms with E-state index in [-0.39, 0.29) is 5.11 Å². The van der Waals surface area contributed by atoms with Gasteiger partial charge in [0, 0.05) is 0 Å².